The van der Waals surface area contributed by atoms with Crippen molar-refractivity contribution in [2.24, 2.45) is 16.9 Å². The summed E-state index contributed by atoms with van der Waals surface area (Å²) in [5, 5.41) is 8.08. The fourth-order valence-electron chi connectivity index (χ4n) is 2.05. The summed E-state index contributed by atoms with van der Waals surface area (Å²) >= 11 is 5.07. The number of rotatable bonds is 2. The summed E-state index contributed by atoms with van der Waals surface area (Å²) in [4.78, 5) is 0. The molecular formula is C11H21N3S. The highest BCUT2D eigenvalue weighted by Crippen LogP contribution is 2.25. The fraction of sp³-hybridized carbons (Fsp3) is 0.818. The maximum absolute atomic E-state index is 5.07. The van der Waals surface area contributed by atoms with Gasteiger partial charge in [0.05, 0.1) is 0 Å². The summed E-state index contributed by atoms with van der Waals surface area (Å²) in [6, 6.07) is 0. The number of hydrogen-bond acceptors (Lipinski definition) is 2. The normalized spacial score (nSPS) is 25.9. The first-order valence-corrected chi connectivity index (χ1v) is 6.17. The lowest BCUT2D eigenvalue weighted by atomic mass is 9.81. The van der Waals surface area contributed by atoms with Gasteiger partial charge in [-0.15, -0.1) is 0 Å². The predicted octanol–water partition coefficient (Wildman–Crippen LogP) is 2.28. The predicted molar refractivity (Wildman–Crippen MR) is 69.0 cm³/mol. The van der Waals surface area contributed by atoms with E-state index < -0.39 is 0 Å². The molecule has 1 saturated carbocycles. The molecule has 0 aromatic rings. The van der Waals surface area contributed by atoms with Gasteiger partial charge in [-0.05, 0) is 43.8 Å². The van der Waals surface area contributed by atoms with Gasteiger partial charge in [-0.25, -0.2) is 0 Å². The zero-order valence-electron chi connectivity index (χ0n) is 9.84. The molecule has 0 spiro atoms. The third-order valence-electron chi connectivity index (χ3n) is 2.91. The maximum Gasteiger partial charge on any atom is 0.186 e. The number of thiocarbonyl (C=S) groups is 1. The van der Waals surface area contributed by atoms with Crippen LogP contribution in [-0.2, 0) is 0 Å². The Labute approximate surface area is 97.7 Å². The van der Waals surface area contributed by atoms with Gasteiger partial charge in [-0.1, -0.05) is 20.3 Å². The SMILES string of the molecule is CCNC(=S)NN=C1[C@@H](C)CCC[C@@H]1C. The van der Waals surface area contributed by atoms with Gasteiger partial charge in [0.25, 0.3) is 0 Å². The summed E-state index contributed by atoms with van der Waals surface area (Å²) in [6.07, 6.45) is 3.82. The Bertz CT molecular complexity index is 238. The van der Waals surface area contributed by atoms with Gasteiger partial charge >= 0.3 is 0 Å². The van der Waals surface area contributed by atoms with E-state index in [1.807, 2.05) is 6.92 Å². The van der Waals surface area contributed by atoms with Crippen LogP contribution in [0.3, 0.4) is 0 Å². The molecule has 15 heavy (non-hydrogen) atoms. The van der Waals surface area contributed by atoms with E-state index in [0.717, 1.165) is 6.54 Å². The molecule has 0 heterocycles. The topological polar surface area (TPSA) is 36.4 Å². The molecule has 4 heteroatoms. The third-order valence-corrected chi connectivity index (χ3v) is 3.14. The van der Waals surface area contributed by atoms with Crippen molar-refractivity contribution in [3.8, 4) is 0 Å². The van der Waals surface area contributed by atoms with Gasteiger partial charge in [0, 0.05) is 12.3 Å². The van der Waals surface area contributed by atoms with Crippen LogP contribution >= 0.6 is 12.2 Å². The lowest BCUT2D eigenvalue weighted by molar-refractivity contribution is 0.484. The highest BCUT2D eigenvalue weighted by molar-refractivity contribution is 7.80. The average molecular weight is 227 g/mol. The zero-order valence-corrected chi connectivity index (χ0v) is 10.7. The second kappa shape index (κ2) is 6.05. The first-order valence-electron chi connectivity index (χ1n) is 5.76. The molecule has 86 valence electrons. The summed E-state index contributed by atoms with van der Waals surface area (Å²) in [7, 11) is 0. The molecule has 2 atom stereocenters. The monoisotopic (exact) mass is 227 g/mol. The Morgan fingerprint density at radius 2 is 2.00 bits per heavy atom. The molecule has 0 aromatic carbocycles. The molecule has 1 aliphatic carbocycles. The molecule has 0 unspecified atom stereocenters. The van der Waals surface area contributed by atoms with E-state index >= 15 is 0 Å². The summed E-state index contributed by atoms with van der Waals surface area (Å²) in [5.74, 6) is 1.18. The minimum atomic E-state index is 0.589. The van der Waals surface area contributed by atoms with E-state index in [4.69, 9.17) is 12.2 Å². The van der Waals surface area contributed by atoms with Crippen LogP contribution in [0.5, 0.6) is 0 Å². The number of hydrogen-bond donors (Lipinski definition) is 2. The number of hydrazone groups is 1. The van der Waals surface area contributed by atoms with Crippen LogP contribution in [0.2, 0.25) is 0 Å². The largest absolute Gasteiger partial charge is 0.362 e. The van der Waals surface area contributed by atoms with Crippen LogP contribution in [0.4, 0.5) is 0 Å². The van der Waals surface area contributed by atoms with Gasteiger partial charge in [-0.3, -0.25) is 5.43 Å². The van der Waals surface area contributed by atoms with E-state index in [9.17, 15) is 0 Å². The van der Waals surface area contributed by atoms with Gasteiger partial charge in [-0.2, -0.15) is 5.10 Å². The Morgan fingerprint density at radius 1 is 1.40 bits per heavy atom. The second-order valence-corrected chi connectivity index (χ2v) is 4.65. The highest BCUT2D eigenvalue weighted by atomic mass is 32.1. The number of nitrogens with one attached hydrogen (secondary N) is 2. The quantitative estimate of drug-likeness (QED) is 0.561. The summed E-state index contributed by atoms with van der Waals surface area (Å²) < 4.78 is 0. The smallest absolute Gasteiger partial charge is 0.186 e. The Balaban J connectivity index is 2.51. The highest BCUT2D eigenvalue weighted by Gasteiger charge is 2.22. The molecular weight excluding hydrogens is 206 g/mol. The molecule has 1 fully saturated rings. The summed E-state index contributed by atoms with van der Waals surface area (Å²) in [6.45, 7) is 7.34. The maximum atomic E-state index is 5.07. The van der Waals surface area contributed by atoms with Crippen molar-refractivity contribution in [3.05, 3.63) is 0 Å². The van der Waals surface area contributed by atoms with Crippen molar-refractivity contribution in [2.75, 3.05) is 6.54 Å². The van der Waals surface area contributed by atoms with Crippen molar-refractivity contribution in [2.45, 2.75) is 40.0 Å². The summed E-state index contributed by atoms with van der Waals surface area (Å²) in [5.41, 5.74) is 4.19. The Morgan fingerprint density at radius 3 is 2.53 bits per heavy atom. The lowest BCUT2D eigenvalue weighted by Gasteiger charge is -2.26. The standard InChI is InChI=1S/C11H21N3S/c1-4-12-11(15)14-13-10-8(2)6-5-7-9(10)3/h8-9H,4-7H2,1-3H3,(H2,12,14,15)/t8-,9-/m0/s1. The lowest BCUT2D eigenvalue weighted by Crippen LogP contribution is -2.35. The molecule has 1 aliphatic rings. The van der Waals surface area contributed by atoms with E-state index in [1.165, 1.54) is 25.0 Å². The molecule has 0 bridgehead atoms. The average Bonchev–Trinajstić information content (AvgIpc) is 2.17. The van der Waals surface area contributed by atoms with Crippen molar-refractivity contribution in [1.82, 2.24) is 10.7 Å². The van der Waals surface area contributed by atoms with E-state index in [-0.39, 0.29) is 0 Å². The van der Waals surface area contributed by atoms with Crippen LogP contribution in [0.1, 0.15) is 40.0 Å². The Hall–Kier alpha value is -0.640. The van der Waals surface area contributed by atoms with Gasteiger partial charge < -0.3 is 5.32 Å². The minimum Gasteiger partial charge on any atom is -0.362 e. The fourth-order valence-corrected chi connectivity index (χ4v) is 2.24. The Kier molecular flexibility index (Phi) is 5.02. The van der Waals surface area contributed by atoms with Crippen molar-refractivity contribution >= 4 is 23.0 Å². The zero-order chi connectivity index (χ0) is 11.3. The van der Waals surface area contributed by atoms with Crippen LogP contribution in [0.25, 0.3) is 0 Å². The van der Waals surface area contributed by atoms with Crippen molar-refractivity contribution < 1.29 is 0 Å². The molecule has 0 radical (unpaired) electrons. The van der Waals surface area contributed by atoms with Crippen LogP contribution in [-0.4, -0.2) is 17.4 Å². The number of nitrogens with zero attached hydrogens (tertiary/aromatic N) is 1. The minimum absolute atomic E-state index is 0.589. The van der Waals surface area contributed by atoms with Gasteiger partial charge in [0.2, 0.25) is 0 Å². The third kappa shape index (κ3) is 3.78. The van der Waals surface area contributed by atoms with Crippen molar-refractivity contribution in [1.29, 1.82) is 0 Å². The molecule has 1 rings (SSSR count). The molecule has 0 aromatic heterocycles. The second-order valence-electron chi connectivity index (χ2n) is 4.24. The van der Waals surface area contributed by atoms with Crippen LogP contribution < -0.4 is 10.7 Å². The van der Waals surface area contributed by atoms with Crippen molar-refractivity contribution in [3.63, 3.8) is 0 Å². The molecule has 2 N–H and O–H groups in total. The first kappa shape index (κ1) is 12.4. The van der Waals surface area contributed by atoms with Crippen LogP contribution in [0, 0.1) is 11.8 Å². The van der Waals surface area contributed by atoms with Gasteiger partial charge in [0.1, 0.15) is 0 Å². The molecule has 3 nitrogen and oxygen atoms in total. The van der Waals surface area contributed by atoms with Gasteiger partial charge in [0.15, 0.2) is 5.11 Å². The van der Waals surface area contributed by atoms with Crippen LogP contribution in [0.15, 0.2) is 5.10 Å². The first-order chi connectivity index (χ1) is 7.15. The molecule has 0 aliphatic heterocycles. The van der Waals surface area contributed by atoms with E-state index in [1.54, 1.807) is 0 Å². The van der Waals surface area contributed by atoms with E-state index in [0.29, 0.717) is 16.9 Å². The molecule has 0 amide bonds. The van der Waals surface area contributed by atoms with E-state index in [2.05, 4.69) is 29.7 Å². The molecule has 0 saturated heterocycles.